The van der Waals surface area contributed by atoms with Crippen LogP contribution in [0, 0.1) is 6.92 Å². The lowest BCUT2D eigenvalue weighted by molar-refractivity contribution is 0.193. The van der Waals surface area contributed by atoms with E-state index in [1.807, 2.05) is 14.0 Å². The minimum absolute atomic E-state index is 0.360. The van der Waals surface area contributed by atoms with Crippen molar-refractivity contribution < 1.29 is 9.37 Å². The minimum Gasteiger partial charge on any atom is -0.381 e. The predicted octanol–water partition coefficient (Wildman–Crippen LogP) is 1.04. The third-order valence-electron chi connectivity index (χ3n) is 4.84. The summed E-state index contributed by atoms with van der Waals surface area (Å²) < 4.78 is 10.3. The molecule has 2 saturated heterocycles. The molecule has 1 N–H and O–H groups in total. The van der Waals surface area contributed by atoms with Gasteiger partial charge in [0.05, 0.1) is 12.3 Å². The fraction of sp³-hybridized carbons (Fsp3) is 0.625. The van der Waals surface area contributed by atoms with Crippen LogP contribution < -0.4 is 15.1 Å². The topological polar surface area (TPSA) is 92.4 Å². The zero-order valence-electron chi connectivity index (χ0n) is 14.6. The van der Waals surface area contributed by atoms with E-state index in [1.54, 1.807) is 0 Å². The Labute approximate surface area is 146 Å². The highest BCUT2D eigenvalue weighted by Crippen LogP contribution is 2.28. The third-order valence-corrected chi connectivity index (χ3v) is 4.84. The summed E-state index contributed by atoms with van der Waals surface area (Å²) in [5.41, 5.74) is 1.89. The minimum atomic E-state index is 0.360. The largest absolute Gasteiger partial charge is 0.381 e. The lowest BCUT2D eigenvalue weighted by atomic mass is 10.0. The molecule has 0 radical (unpaired) electrons. The van der Waals surface area contributed by atoms with E-state index in [0.717, 1.165) is 68.8 Å². The molecule has 2 fully saturated rings. The van der Waals surface area contributed by atoms with Crippen LogP contribution in [0.1, 0.15) is 23.7 Å². The molecule has 134 valence electrons. The second-order valence-electron chi connectivity index (χ2n) is 6.43. The Kier molecular flexibility index (Phi) is 4.39. The van der Waals surface area contributed by atoms with Gasteiger partial charge in [-0.05, 0) is 18.5 Å². The summed E-state index contributed by atoms with van der Waals surface area (Å²) in [6, 6.07) is 2.11. The van der Waals surface area contributed by atoms with Gasteiger partial charge in [0.25, 0.3) is 0 Å². The number of aromatic nitrogens is 4. The van der Waals surface area contributed by atoms with E-state index in [2.05, 4.69) is 41.5 Å². The summed E-state index contributed by atoms with van der Waals surface area (Å²) in [4.78, 5) is 13.8. The monoisotopic (exact) mass is 345 g/mol. The summed E-state index contributed by atoms with van der Waals surface area (Å²) in [6.07, 6.45) is 1.02. The molecule has 2 aliphatic rings. The van der Waals surface area contributed by atoms with Crippen molar-refractivity contribution in [3.8, 4) is 0 Å². The third kappa shape index (κ3) is 3.23. The predicted molar refractivity (Wildman–Crippen MR) is 93.2 cm³/mol. The van der Waals surface area contributed by atoms with Crippen LogP contribution in [0.25, 0.3) is 0 Å². The first kappa shape index (κ1) is 16.1. The fourth-order valence-electron chi connectivity index (χ4n) is 3.36. The average molecular weight is 345 g/mol. The van der Waals surface area contributed by atoms with Crippen LogP contribution in [0.3, 0.4) is 0 Å². The SMILES string of the molecule is CNc1nc([C@H]2CCOC2)cc(N2CCN(c3nonc3C)CC2)n1. The van der Waals surface area contributed by atoms with E-state index in [9.17, 15) is 0 Å². The first-order valence-electron chi connectivity index (χ1n) is 8.68. The molecule has 9 heteroatoms. The molecule has 0 saturated carbocycles. The lowest BCUT2D eigenvalue weighted by Crippen LogP contribution is -2.47. The summed E-state index contributed by atoms with van der Waals surface area (Å²) in [5, 5.41) is 10.9. The molecule has 2 aromatic heterocycles. The van der Waals surface area contributed by atoms with Gasteiger partial charge >= 0.3 is 0 Å². The smallest absolute Gasteiger partial charge is 0.224 e. The molecule has 4 rings (SSSR count). The van der Waals surface area contributed by atoms with Gasteiger partial charge in [-0.15, -0.1) is 0 Å². The van der Waals surface area contributed by atoms with E-state index < -0.39 is 0 Å². The molecule has 0 amide bonds. The van der Waals surface area contributed by atoms with E-state index in [0.29, 0.717) is 11.9 Å². The molecular formula is C16H23N7O2. The molecule has 0 aliphatic carbocycles. The summed E-state index contributed by atoms with van der Waals surface area (Å²) >= 11 is 0. The van der Waals surface area contributed by atoms with Gasteiger partial charge in [-0.25, -0.2) is 9.61 Å². The van der Waals surface area contributed by atoms with Crippen LogP contribution in [-0.4, -0.2) is 66.7 Å². The van der Waals surface area contributed by atoms with Crippen LogP contribution >= 0.6 is 0 Å². The quantitative estimate of drug-likeness (QED) is 0.872. The number of aryl methyl sites for hydroxylation is 1. The number of ether oxygens (including phenoxy) is 1. The first-order valence-corrected chi connectivity index (χ1v) is 8.68. The van der Waals surface area contributed by atoms with Crippen molar-refractivity contribution in [3.63, 3.8) is 0 Å². The van der Waals surface area contributed by atoms with Crippen LogP contribution in [0.2, 0.25) is 0 Å². The highest BCUT2D eigenvalue weighted by molar-refractivity contribution is 5.49. The number of nitrogens with zero attached hydrogens (tertiary/aromatic N) is 6. The number of nitrogens with one attached hydrogen (secondary N) is 1. The summed E-state index contributed by atoms with van der Waals surface area (Å²) in [5.74, 6) is 2.83. The second-order valence-corrected chi connectivity index (χ2v) is 6.43. The van der Waals surface area contributed by atoms with Crippen molar-refractivity contribution in [2.24, 2.45) is 0 Å². The van der Waals surface area contributed by atoms with Gasteiger partial charge in [0.15, 0.2) is 5.82 Å². The Morgan fingerprint density at radius 1 is 1.12 bits per heavy atom. The van der Waals surface area contributed by atoms with Crippen molar-refractivity contribution in [1.82, 2.24) is 20.3 Å². The van der Waals surface area contributed by atoms with E-state index in [-0.39, 0.29) is 0 Å². The molecular weight excluding hydrogens is 322 g/mol. The summed E-state index contributed by atoms with van der Waals surface area (Å²) in [6.45, 7) is 6.91. The molecule has 2 aromatic rings. The number of hydrogen-bond donors (Lipinski definition) is 1. The van der Waals surface area contributed by atoms with Crippen molar-refractivity contribution in [2.45, 2.75) is 19.3 Å². The van der Waals surface area contributed by atoms with Gasteiger partial charge in [0.1, 0.15) is 11.5 Å². The standard InChI is InChI=1S/C16H23N7O2/c1-11-15(21-25-20-11)23-6-4-22(5-7-23)14-9-13(12-3-8-24-10-12)18-16(17-2)19-14/h9,12H,3-8,10H2,1-2H3,(H,17,18,19)/t12-/m0/s1. The molecule has 0 bridgehead atoms. The molecule has 0 unspecified atom stereocenters. The number of anilines is 3. The highest BCUT2D eigenvalue weighted by atomic mass is 16.6. The van der Waals surface area contributed by atoms with Crippen molar-refractivity contribution in [2.75, 3.05) is 61.6 Å². The van der Waals surface area contributed by atoms with Gasteiger partial charge < -0.3 is 19.9 Å². The van der Waals surface area contributed by atoms with Gasteiger partial charge in [0.2, 0.25) is 5.95 Å². The average Bonchev–Trinajstić information content (AvgIpc) is 3.33. The molecule has 1 atom stereocenters. The van der Waals surface area contributed by atoms with Crippen molar-refractivity contribution in [3.05, 3.63) is 17.5 Å². The molecule has 4 heterocycles. The Hall–Kier alpha value is -2.42. The molecule has 0 aromatic carbocycles. The van der Waals surface area contributed by atoms with Gasteiger partial charge in [-0.1, -0.05) is 5.16 Å². The van der Waals surface area contributed by atoms with Crippen LogP contribution in [0.4, 0.5) is 17.6 Å². The Morgan fingerprint density at radius 2 is 1.92 bits per heavy atom. The number of piperazine rings is 1. The van der Waals surface area contributed by atoms with Crippen molar-refractivity contribution in [1.29, 1.82) is 0 Å². The van der Waals surface area contributed by atoms with E-state index >= 15 is 0 Å². The Balaban J connectivity index is 1.50. The van der Waals surface area contributed by atoms with Crippen molar-refractivity contribution >= 4 is 17.6 Å². The molecule has 2 aliphatic heterocycles. The first-order chi connectivity index (χ1) is 12.2. The van der Waals surface area contributed by atoms with E-state index in [4.69, 9.17) is 9.37 Å². The maximum absolute atomic E-state index is 5.51. The van der Waals surface area contributed by atoms with E-state index in [1.165, 1.54) is 0 Å². The maximum Gasteiger partial charge on any atom is 0.224 e. The van der Waals surface area contributed by atoms with Crippen LogP contribution in [0.5, 0.6) is 0 Å². The molecule has 9 nitrogen and oxygen atoms in total. The lowest BCUT2D eigenvalue weighted by Gasteiger charge is -2.35. The van der Waals surface area contributed by atoms with Crippen LogP contribution in [0.15, 0.2) is 10.7 Å². The molecule has 25 heavy (non-hydrogen) atoms. The van der Waals surface area contributed by atoms with Gasteiger partial charge in [-0.3, -0.25) is 0 Å². The second kappa shape index (κ2) is 6.83. The Morgan fingerprint density at radius 3 is 2.56 bits per heavy atom. The van der Waals surface area contributed by atoms with Gasteiger partial charge in [0, 0.05) is 51.8 Å². The zero-order valence-corrected chi connectivity index (χ0v) is 14.6. The summed E-state index contributed by atoms with van der Waals surface area (Å²) in [7, 11) is 1.85. The normalized spacial score (nSPS) is 21.0. The fourth-order valence-corrected chi connectivity index (χ4v) is 3.36. The Bertz CT molecular complexity index is 721. The maximum atomic E-state index is 5.51. The van der Waals surface area contributed by atoms with Gasteiger partial charge in [-0.2, -0.15) is 4.98 Å². The van der Waals surface area contributed by atoms with Crippen LogP contribution in [-0.2, 0) is 4.74 Å². The molecule has 0 spiro atoms. The number of rotatable bonds is 4. The number of hydrogen-bond acceptors (Lipinski definition) is 9. The highest BCUT2D eigenvalue weighted by Gasteiger charge is 2.25. The zero-order chi connectivity index (χ0) is 17.2.